The van der Waals surface area contributed by atoms with Gasteiger partial charge < -0.3 is 11.1 Å². The van der Waals surface area contributed by atoms with Crippen LogP contribution in [0.25, 0.3) is 0 Å². The monoisotopic (exact) mass is 293 g/mol. The molecule has 1 amide bonds. The van der Waals surface area contributed by atoms with E-state index in [1.165, 1.54) is 0 Å². The molecule has 0 aliphatic heterocycles. The number of hydrogen-bond donors (Lipinski definition) is 3. The first-order valence-electron chi connectivity index (χ1n) is 6.74. The zero-order valence-electron chi connectivity index (χ0n) is 12.2. The first-order valence-corrected chi connectivity index (χ1v) is 8.63. The van der Waals surface area contributed by atoms with E-state index in [0.29, 0.717) is 6.54 Å². The fourth-order valence-corrected chi connectivity index (χ4v) is 2.68. The lowest BCUT2D eigenvalue weighted by Crippen LogP contribution is -2.47. The van der Waals surface area contributed by atoms with E-state index in [1.54, 1.807) is 0 Å². The van der Waals surface area contributed by atoms with Crippen LogP contribution < -0.4 is 15.8 Å². The molecule has 0 rings (SSSR count). The van der Waals surface area contributed by atoms with Gasteiger partial charge in [0.15, 0.2) is 0 Å². The molecule has 0 atom stereocenters. The highest BCUT2D eigenvalue weighted by atomic mass is 32.2. The van der Waals surface area contributed by atoms with Gasteiger partial charge in [-0.1, -0.05) is 26.7 Å². The molecule has 0 unspecified atom stereocenters. The lowest BCUT2D eigenvalue weighted by Gasteiger charge is -2.30. The van der Waals surface area contributed by atoms with E-state index in [1.807, 2.05) is 13.8 Å². The Balaban J connectivity index is 4.40. The van der Waals surface area contributed by atoms with Gasteiger partial charge in [0.1, 0.15) is 0 Å². The van der Waals surface area contributed by atoms with Crippen molar-refractivity contribution in [3.63, 3.8) is 0 Å². The molecule has 4 N–H and O–H groups in total. The fourth-order valence-electron chi connectivity index (χ4n) is 2.21. The highest BCUT2D eigenvalue weighted by molar-refractivity contribution is 7.88. The van der Waals surface area contributed by atoms with Crippen LogP contribution in [-0.4, -0.2) is 40.2 Å². The highest BCUT2D eigenvalue weighted by Crippen LogP contribution is 2.28. The Morgan fingerprint density at radius 2 is 1.68 bits per heavy atom. The highest BCUT2D eigenvalue weighted by Gasteiger charge is 2.34. The minimum Gasteiger partial charge on any atom is -0.354 e. The van der Waals surface area contributed by atoms with Crippen molar-refractivity contribution in [1.29, 1.82) is 0 Å². The lowest BCUT2D eigenvalue weighted by atomic mass is 9.78. The van der Waals surface area contributed by atoms with Crippen molar-refractivity contribution in [2.75, 3.05) is 25.9 Å². The second-order valence-electron chi connectivity index (χ2n) is 4.91. The molecular weight excluding hydrogens is 266 g/mol. The van der Waals surface area contributed by atoms with Crippen LogP contribution in [-0.2, 0) is 14.8 Å². The van der Waals surface area contributed by atoms with Crippen LogP contribution in [0.3, 0.4) is 0 Å². The topological polar surface area (TPSA) is 101 Å². The van der Waals surface area contributed by atoms with Gasteiger partial charge in [0.05, 0.1) is 11.7 Å². The number of amides is 1. The summed E-state index contributed by atoms with van der Waals surface area (Å²) >= 11 is 0. The van der Waals surface area contributed by atoms with Gasteiger partial charge in [0.2, 0.25) is 15.9 Å². The third kappa shape index (κ3) is 6.89. The van der Waals surface area contributed by atoms with Gasteiger partial charge in [-0.15, -0.1) is 0 Å². The van der Waals surface area contributed by atoms with Crippen molar-refractivity contribution in [2.24, 2.45) is 11.1 Å². The SMILES string of the molecule is CCCC(CN)(CCC)C(=O)NCCNS(C)(=O)=O. The Hall–Kier alpha value is -0.660. The summed E-state index contributed by atoms with van der Waals surface area (Å²) in [6.45, 7) is 4.85. The molecule has 7 heteroatoms. The van der Waals surface area contributed by atoms with Gasteiger partial charge in [-0.3, -0.25) is 4.79 Å². The Bertz CT molecular complexity index is 362. The van der Waals surface area contributed by atoms with Crippen LogP contribution in [0.4, 0.5) is 0 Å². The molecule has 0 radical (unpaired) electrons. The summed E-state index contributed by atoms with van der Waals surface area (Å²) in [7, 11) is -3.21. The van der Waals surface area contributed by atoms with E-state index in [9.17, 15) is 13.2 Å². The van der Waals surface area contributed by atoms with E-state index in [2.05, 4.69) is 10.0 Å². The Morgan fingerprint density at radius 1 is 1.16 bits per heavy atom. The molecule has 0 aliphatic carbocycles. The predicted molar refractivity (Wildman–Crippen MR) is 77.2 cm³/mol. The maximum Gasteiger partial charge on any atom is 0.227 e. The van der Waals surface area contributed by atoms with Gasteiger partial charge in [0, 0.05) is 19.6 Å². The van der Waals surface area contributed by atoms with E-state index < -0.39 is 15.4 Å². The molecule has 0 aromatic carbocycles. The number of hydrogen-bond acceptors (Lipinski definition) is 4. The molecule has 0 aliphatic rings. The Morgan fingerprint density at radius 3 is 2.05 bits per heavy atom. The van der Waals surface area contributed by atoms with Crippen molar-refractivity contribution in [2.45, 2.75) is 39.5 Å². The van der Waals surface area contributed by atoms with Crippen molar-refractivity contribution in [3.05, 3.63) is 0 Å². The minimum atomic E-state index is -3.21. The van der Waals surface area contributed by atoms with E-state index in [-0.39, 0.29) is 19.0 Å². The molecule has 0 bridgehead atoms. The van der Waals surface area contributed by atoms with Gasteiger partial charge in [-0.05, 0) is 12.8 Å². The average Bonchev–Trinajstić information content (AvgIpc) is 2.32. The van der Waals surface area contributed by atoms with Crippen LogP contribution in [0.5, 0.6) is 0 Å². The first-order chi connectivity index (χ1) is 8.81. The number of sulfonamides is 1. The number of nitrogens with one attached hydrogen (secondary N) is 2. The van der Waals surface area contributed by atoms with Crippen molar-refractivity contribution in [1.82, 2.24) is 10.0 Å². The first kappa shape index (κ1) is 18.3. The third-order valence-electron chi connectivity index (χ3n) is 3.10. The van der Waals surface area contributed by atoms with E-state index >= 15 is 0 Å². The summed E-state index contributed by atoms with van der Waals surface area (Å²) in [4.78, 5) is 12.2. The van der Waals surface area contributed by atoms with Crippen LogP contribution in [0.2, 0.25) is 0 Å². The van der Waals surface area contributed by atoms with Crippen molar-refractivity contribution in [3.8, 4) is 0 Å². The van der Waals surface area contributed by atoms with E-state index in [0.717, 1.165) is 31.9 Å². The Labute approximate surface area is 116 Å². The third-order valence-corrected chi connectivity index (χ3v) is 3.83. The minimum absolute atomic E-state index is 0.0750. The quantitative estimate of drug-likeness (QED) is 0.501. The van der Waals surface area contributed by atoms with Gasteiger partial charge in [-0.25, -0.2) is 13.1 Å². The predicted octanol–water partition coefficient (Wildman–Crippen LogP) is 0.197. The zero-order valence-corrected chi connectivity index (χ0v) is 13.0. The lowest BCUT2D eigenvalue weighted by molar-refractivity contribution is -0.131. The Kier molecular flexibility index (Phi) is 8.20. The molecule has 0 saturated carbocycles. The van der Waals surface area contributed by atoms with Gasteiger partial charge in [0.25, 0.3) is 0 Å². The molecule has 0 aromatic heterocycles. The second-order valence-corrected chi connectivity index (χ2v) is 6.74. The number of carbonyl (C=O) groups is 1. The molecule has 19 heavy (non-hydrogen) atoms. The molecule has 0 saturated heterocycles. The van der Waals surface area contributed by atoms with Crippen LogP contribution in [0.15, 0.2) is 0 Å². The maximum absolute atomic E-state index is 12.2. The second kappa shape index (κ2) is 8.50. The molecule has 0 spiro atoms. The maximum atomic E-state index is 12.2. The number of carbonyl (C=O) groups excluding carboxylic acids is 1. The summed E-state index contributed by atoms with van der Waals surface area (Å²) in [6, 6.07) is 0. The van der Waals surface area contributed by atoms with Gasteiger partial charge >= 0.3 is 0 Å². The molecule has 0 aromatic rings. The average molecular weight is 293 g/mol. The van der Waals surface area contributed by atoms with Crippen molar-refractivity contribution < 1.29 is 13.2 Å². The number of nitrogens with two attached hydrogens (primary N) is 1. The summed E-state index contributed by atoms with van der Waals surface area (Å²) < 4.78 is 24.1. The summed E-state index contributed by atoms with van der Waals surface area (Å²) in [5.41, 5.74) is 5.26. The summed E-state index contributed by atoms with van der Waals surface area (Å²) in [5, 5.41) is 2.77. The summed E-state index contributed by atoms with van der Waals surface area (Å²) in [6.07, 6.45) is 4.39. The smallest absolute Gasteiger partial charge is 0.227 e. The molecule has 114 valence electrons. The van der Waals surface area contributed by atoms with Crippen LogP contribution in [0, 0.1) is 5.41 Å². The standard InChI is InChI=1S/C12H27N3O3S/c1-4-6-12(10-13,7-5-2)11(16)14-8-9-15-19(3,17)18/h15H,4-10,13H2,1-3H3,(H,14,16). The van der Waals surface area contributed by atoms with Crippen LogP contribution in [0.1, 0.15) is 39.5 Å². The largest absolute Gasteiger partial charge is 0.354 e. The molecule has 0 fully saturated rings. The molecule has 6 nitrogen and oxygen atoms in total. The summed E-state index contributed by atoms with van der Waals surface area (Å²) in [5.74, 6) is -0.0750. The van der Waals surface area contributed by atoms with Crippen molar-refractivity contribution >= 4 is 15.9 Å². The fraction of sp³-hybridized carbons (Fsp3) is 0.917. The molecule has 0 heterocycles. The van der Waals surface area contributed by atoms with Gasteiger partial charge in [-0.2, -0.15) is 0 Å². The van der Waals surface area contributed by atoms with Crippen LogP contribution >= 0.6 is 0 Å². The molecular formula is C12H27N3O3S. The van der Waals surface area contributed by atoms with E-state index in [4.69, 9.17) is 5.73 Å². The zero-order chi connectivity index (χ0) is 14.9. The normalized spacial score (nSPS) is 12.4. The number of rotatable bonds is 10.